The molecule has 8 nitrogen and oxygen atoms in total. The van der Waals surface area contributed by atoms with Crippen LogP contribution in [-0.4, -0.2) is 54.7 Å². The van der Waals surface area contributed by atoms with Crippen LogP contribution in [0.3, 0.4) is 0 Å². The van der Waals surface area contributed by atoms with Crippen molar-refractivity contribution >= 4 is 17.8 Å². The maximum absolute atomic E-state index is 12.1. The SMILES string of the molecule is CCOC(=O)N1CCN(c2ccc(C(=O)NCc3ccco3)cn2)CC1. The Bertz CT molecular complexity index is 722. The molecule has 26 heavy (non-hydrogen) atoms. The summed E-state index contributed by atoms with van der Waals surface area (Å²) in [6, 6.07) is 7.15. The zero-order chi connectivity index (χ0) is 18.4. The van der Waals surface area contributed by atoms with Gasteiger partial charge in [0.05, 0.1) is 25.0 Å². The molecule has 2 amide bonds. The number of nitrogens with one attached hydrogen (secondary N) is 1. The monoisotopic (exact) mass is 358 g/mol. The quantitative estimate of drug-likeness (QED) is 0.878. The number of anilines is 1. The van der Waals surface area contributed by atoms with Crippen molar-refractivity contribution in [3.63, 3.8) is 0 Å². The molecule has 2 aromatic rings. The summed E-state index contributed by atoms with van der Waals surface area (Å²) in [6.45, 7) is 5.04. The molecular weight excluding hydrogens is 336 g/mol. The van der Waals surface area contributed by atoms with Crippen molar-refractivity contribution in [3.8, 4) is 0 Å². The molecule has 3 heterocycles. The van der Waals surface area contributed by atoms with Crippen LogP contribution in [0, 0.1) is 0 Å². The Morgan fingerprint density at radius 2 is 2.04 bits per heavy atom. The third kappa shape index (κ3) is 4.33. The highest BCUT2D eigenvalue weighted by Gasteiger charge is 2.22. The first-order valence-corrected chi connectivity index (χ1v) is 8.60. The van der Waals surface area contributed by atoms with Crippen LogP contribution in [0.15, 0.2) is 41.1 Å². The largest absolute Gasteiger partial charge is 0.467 e. The molecule has 1 fully saturated rings. The molecule has 1 N–H and O–H groups in total. The third-order valence-corrected chi connectivity index (χ3v) is 4.14. The lowest BCUT2D eigenvalue weighted by atomic mass is 10.2. The number of piperazine rings is 1. The van der Waals surface area contributed by atoms with Gasteiger partial charge in [-0.3, -0.25) is 4.79 Å². The van der Waals surface area contributed by atoms with E-state index in [1.54, 1.807) is 42.5 Å². The summed E-state index contributed by atoms with van der Waals surface area (Å²) in [5.74, 6) is 1.28. The predicted molar refractivity (Wildman–Crippen MR) is 94.9 cm³/mol. The van der Waals surface area contributed by atoms with E-state index in [9.17, 15) is 9.59 Å². The number of rotatable bonds is 5. The van der Waals surface area contributed by atoms with Crippen molar-refractivity contribution in [1.82, 2.24) is 15.2 Å². The minimum atomic E-state index is -0.274. The molecule has 0 radical (unpaired) electrons. The van der Waals surface area contributed by atoms with Gasteiger partial charge in [-0.2, -0.15) is 0 Å². The molecule has 0 aromatic carbocycles. The van der Waals surface area contributed by atoms with Gasteiger partial charge in [0.25, 0.3) is 5.91 Å². The second kappa shape index (κ2) is 8.37. The van der Waals surface area contributed by atoms with Gasteiger partial charge < -0.3 is 24.3 Å². The van der Waals surface area contributed by atoms with Crippen LogP contribution in [0.2, 0.25) is 0 Å². The fraction of sp³-hybridized carbons (Fsp3) is 0.389. The normalized spacial score (nSPS) is 14.2. The number of carbonyl (C=O) groups is 2. The maximum atomic E-state index is 12.1. The molecule has 1 saturated heterocycles. The molecule has 3 rings (SSSR count). The minimum absolute atomic E-state index is 0.201. The summed E-state index contributed by atoms with van der Waals surface area (Å²) in [5, 5.41) is 2.79. The topological polar surface area (TPSA) is 87.9 Å². The predicted octanol–water partition coefficient (Wildman–Crippen LogP) is 1.88. The lowest BCUT2D eigenvalue weighted by Crippen LogP contribution is -2.49. The molecule has 0 aliphatic carbocycles. The average Bonchev–Trinajstić information content (AvgIpc) is 3.20. The Balaban J connectivity index is 1.51. The Morgan fingerprint density at radius 1 is 1.23 bits per heavy atom. The number of nitrogens with zero attached hydrogens (tertiary/aromatic N) is 3. The van der Waals surface area contributed by atoms with Crippen LogP contribution >= 0.6 is 0 Å². The first-order chi connectivity index (χ1) is 12.7. The summed E-state index contributed by atoms with van der Waals surface area (Å²) < 4.78 is 10.2. The van der Waals surface area contributed by atoms with E-state index in [1.165, 1.54) is 0 Å². The maximum Gasteiger partial charge on any atom is 0.409 e. The van der Waals surface area contributed by atoms with Crippen molar-refractivity contribution in [3.05, 3.63) is 48.0 Å². The van der Waals surface area contributed by atoms with Crippen molar-refractivity contribution in [2.45, 2.75) is 13.5 Å². The number of carbonyl (C=O) groups excluding carboxylic acids is 2. The minimum Gasteiger partial charge on any atom is -0.467 e. The highest BCUT2D eigenvalue weighted by atomic mass is 16.6. The first-order valence-electron chi connectivity index (χ1n) is 8.60. The van der Waals surface area contributed by atoms with Crippen molar-refractivity contribution < 1.29 is 18.7 Å². The van der Waals surface area contributed by atoms with Crippen LogP contribution in [0.1, 0.15) is 23.0 Å². The summed E-state index contributed by atoms with van der Waals surface area (Å²) in [4.78, 5) is 32.0. The lowest BCUT2D eigenvalue weighted by Gasteiger charge is -2.34. The van der Waals surface area contributed by atoms with Crippen molar-refractivity contribution in [2.75, 3.05) is 37.7 Å². The number of amides is 2. The molecule has 0 bridgehead atoms. The van der Waals surface area contributed by atoms with Gasteiger partial charge in [-0.05, 0) is 31.2 Å². The first kappa shape index (κ1) is 17.8. The summed E-state index contributed by atoms with van der Waals surface area (Å²) in [7, 11) is 0. The van der Waals surface area contributed by atoms with E-state index in [1.807, 2.05) is 6.07 Å². The van der Waals surface area contributed by atoms with Crippen LogP contribution in [0.5, 0.6) is 0 Å². The summed E-state index contributed by atoms with van der Waals surface area (Å²) in [5.41, 5.74) is 0.491. The Morgan fingerprint density at radius 3 is 2.65 bits per heavy atom. The van der Waals surface area contributed by atoms with Crippen LogP contribution in [0.4, 0.5) is 10.6 Å². The van der Waals surface area contributed by atoms with E-state index in [4.69, 9.17) is 9.15 Å². The summed E-state index contributed by atoms with van der Waals surface area (Å²) >= 11 is 0. The molecular formula is C18H22N4O4. The Hall–Kier alpha value is -3.03. The van der Waals surface area contributed by atoms with Gasteiger partial charge in [-0.25, -0.2) is 9.78 Å². The van der Waals surface area contributed by atoms with Gasteiger partial charge >= 0.3 is 6.09 Å². The number of aromatic nitrogens is 1. The van der Waals surface area contributed by atoms with E-state index < -0.39 is 0 Å². The van der Waals surface area contributed by atoms with Crippen LogP contribution < -0.4 is 10.2 Å². The smallest absolute Gasteiger partial charge is 0.409 e. The molecule has 0 atom stereocenters. The van der Waals surface area contributed by atoms with Crippen molar-refractivity contribution in [2.24, 2.45) is 0 Å². The second-order valence-corrected chi connectivity index (χ2v) is 5.84. The van der Waals surface area contributed by atoms with Gasteiger partial charge in [-0.15, -0.1) is 0 Å². The number of ether oxygens (including phenoxy) is 1. The van der Waals surface area contributed by atoms with E-state index in [2.05, 4.69) is 15.2 Å². The molecule has 8 heteroatoms. The molecule has 1 aliphatic heterocycles. The highest BCUT2D eigenvalue weighted by molar-refractivity contribution is 5.93. The fourth-order valence-electron chi connectivity index (χ4n) is 2.72. The fourth-order valence-corrected chi connectivity index (χ4v) is 2.72. The summed E-state index contributed by atoms with van der Waals surface area (Å²) in [6.07, 6.45) is 2.85. The third-order valence-electron chi connectivity index (χ3n) is 4.14. The average molecular weight is 358 g/mol. The van der Waals surface area contributed by atoms with Gasteiger partial charge in [-0.1, -0.05) is 0 Å². The molecule has 0 saturated carbocycles. The van der Waals surface area contributed by atoms with Gasteiger partial charge in [0.1, 0.15) is 11.6 Å². The Kier molecular flexibility index (Phi) is 5.73. The number of furan rings is 1. The van der Waals surface area contributed by atoms with Crippen LogP contribution in [-0.2, 0) is 11.3 Å². The molecule has 1 aliphatic rings. The Labute approximate surface area is 151 Å². The van der Waals surface area contributed by atoms with E-state index in [0.29, 0.717) is 50.7 Å². The highest BCUT2D eigenvalue weighted by Crippen LogP contribution is 2.15. The number of pyridine rings is 1. The van der Waals surface area contributed by atoms with Crippen molar-refractivity contribution in [1.29, 1.82) is 0 Å². The molecule has 2 aromatic heterocycles. The standard InChI is InChI=1S/C18H22N4O4/c1-2-25-18(24)22-9-7-21(8-10-22)16-6-5-14(12-19-16)17(23)20-13-15-4-3-11-26-15/h3-6,11-12H,2,7-10,13H2,1H3,(H,20,23). The lowest BCUT2D eigenvalue weighted by molar-refractivity contribution is 0.0947. The van der Waals surface area contributed by atoms with E-state index >= 15 is 0 Å². The van der Waals surface area contributed by atoms with E-state index in [0.717, 1.165) is 5.82 Å². The van der Waals surface area contributed by atoms with Gasteiger partial charge in [0, 0.05) is 32.4 Å². The van der Waals surface area contributed by atoms with Gasteiger partial charge in [0.2, 0.25) is 0 Å². The molecule has 0 spiro atoms. The zero-order valence-corrected chi connectivity index (χ0v) is 14.7. The number of hydrogen-bond donors (Lipinski definition) is 1. The second-order valence-electron chi connectivity index (χ2n) is 5.84. The van der Waals surface area contributed by atoms with Crippen LogP contribution in [0.25, 0.3) is 0 Å². The molecule has 138 valence electrons. The van der Waals surface area contributed by atoms with E-state index in [-0.39, 0.29) is 12.0 Å². The molecule has 0 unspecified atom stereocenters. The van der Waals surface area contributed by atoms with Gasteiger partial charge in [0.15, 0.2) is 0 Å². The zero-order valence-electron chi connectivity index (χ0n) is 14.7. The number of hydrogen-bond acceptors (Lipinski definition) is 6.